The van der Waals surface area contributed by atoms with Crippen molar-refractivity contribution in [2.45, 2.75) is 59.0 Å². The van der Waals surface area contributed by atoms with Crippen LogP contribution in [0.3, 0.4) is 0 Å². The van der Waals surface area contributed by atoms with E-state index in [0.29, 0.717) is 17.8 Å². The van der Waals surface area contributed by atoms with Crippen LogP contribution in [-0.4, -0.2) is 16.5 Å². The number of halogens is 2. The molecular weight excluding hydrogens is 322 g/mol. The van der Waals surface area contributed by atoms with E-state index in [4.69, 9.17) is 0 Å². The Labute approximate surface area is 147 Å². The molecule has 3 rings (SSSR count). The van der Waals surface area contributed by atoms with Crippen molar-refractivity contribution in [3.05, 3.63) is 57.9 Å². The number of benzene rings is 1. The molecule has 0 saturated heterocycles. The van der Waals surface area contributed by atoms with Gasteiger partial charge in [-0.1, -0.05) is 6.07 Å². The number of fused-ring (bicyclic) bond motifs is 1. The summed E-state index contributed by atoms with van der Waals surface area (Å²) < 4.78 is 28.8. The second-order valence-electron chi connectivity index (χ2n) is 7.07. The summed E-state index contributed by atoms with van der Waals surface area (Å²) in [7, 11) is 0. The minimum Gasteiger partial charge on any atom is -0.349 e. The molecule has 3 nitrogen and oxygen atoms in total. The molecule has 1 aromatic carbocycles. The molecule has 0 bridgehead atoms. The van der Waals surface area contributed by atoms with Gasteiger partial charge in [0.15, 0.2) is 11.6 Å². The van der Waals surface area contributed by atoms with Gasteiger partial charge in [0.1, 0.15) is 5.69 Å². The minimum absolute atomic E-state index is 0.0375. The van der Waals surface area contributed by atoms with E-state index in [9.17, 15) is 13.6 Å². The molecule has 1 heterocycles. The Kier molecular flexibility index (Phi) is 4.93. The highest BCUT2D eigenvalue weighted by Crippen LogP contribution is 2.30. The van der Waals surface area contributed by atoms with Gasteiger partial charge in [0.05, 0.1) is 0 Å². The number of aromatic nitrogens is 1. The first-order chi connectivity index (χ1) is 11.9. The topological polar surface area (TPSA) is 34.0 Å². The van der Waals surface area contributed by atoms with Crippen molar-refractivity contribution >= 4 is 5.91 Å². The number of nitrogens with zero attached hydrogens (tertiary/aromatic N) is 1. The van der Waals surface area contributed by atoms with Gasteiger partial charge in [-0.15, -0.1) is 0 Å². The maximum absolute atomic E-state index is 13.6. The van der Waals surface area contributed by atoms with Crippen molar-refractivity contribution in [2.24, 2.45) is 0 Å². The molecule has 1 aliphatic rings. The van der Waals surface area contributed by atoms with Crippen molar-refractivity contribution < 1.29 is 13.6 Å². The highest BCUT2D eigenvalue weighted by Gasteiger charge is 2.26. The predicted octanol–water partition coefficient (Wildman–Crippen LogP) is 4.14. The molecule has 0 atom stereocenters. The van der Waals surface area contributed by atoms with Crippen LogP contribution in [0.25, 0.3) is 0 Å². The standard InChI is InChI=1S/C20H24F2N2O/c1-12(2)23-20(25)19-13(3)15-6-4-5-7-18(15)24(19)11-14-8-9-16(21)17(22)10-14/h8-10,12H,4-7,11H2,1-3H3,(H,23,25). The lowest BCUT2D eigenvalue weighted by Crippen LogP contribution is -2.32. The highest BCUT2D eigenvalue weighted by atomic mass is 19.2. The van der Waals surface area contributed by atoms with Gasteiger partial charge in [-0.25, -0.2) is 8.78 Å². The largest absolute Gasteiger partial charge is 0.349 e. The van der Waals surface area contributed by atoms with Gasteiger partial charge in [0, 0.05) is 18.3 Å². The fourth-order valence-corrected chi connectivity index (χ4v) is 3.69. The summed E-state index contributed by atoms with van der Waals surface area (Å²) in [6, 6.07) is 3.97. The van der Waals surface area contributed by atoms with Crippen molar-refractivity contribution in [3.8, 4) is 0 Å². The minimum atomic E-state index is -0.858. The molecule has 1 aliphatic carbocycles. The molecule has 2 aromatic rings. The Balaban J connectivity index is 2.06. The van der Waals surface area contributed by atoms with E-state index < -0.39 is 11.6 Å². The van der Waals surface area contributed by atoms with E-state index >= 15 is 0 Å². The van der Waals surface area contributed by atoms with Gasteiger partial charge in [-0.3, -0.25) is 4.79 Å². The molecule has 0 spiro atoms. The van der Waals surface area contributed by atoms with Gasteiger partial charge < -0.3 is 9.88 Å². The predicted molar refractivity (Wildman–Crippen MR) is 93.9 cm³/mol. The summed E-state index contributed by atoms with van der Waals surface area (Å²) in [6.45, 7) is 6.21. The maximum Gasteiger partial charge on any atom is 0.268 e. The van der Waals surface area contributed by atoms with E-state index in [1.807, 2.05) is 25.3 Å². The lowest BCUT2D eigenvalue weighted by atomic mass is 9.95. The quantitative estimate of drug-likeness (QED) is 0.887. The molecule has 0 radical (unpaired) electrons. The van der Waals surface area contributed by atoms with E-state index in [1.54, 1.807) is 6.07 Å². The monoisotopic (exact) mass is 346 g/mol. The molecule has 25 heavy (non-hydrogen) atoms. The summed E-state index contributed by atoms with van der Waals surface area (Å²) in [5.74, 6) is -1.82. The number of amides is 1. The smallest absolute Gasteiger partial charge is 0.268 e. The Morgan fingerprint density at radius 1 is 1.20 bits per heavy atom. The van der Waals surface area contributed by atoms with Gasteiger partial charge in [-0.2, -0.15) is 0 Å². The molecule has 1 aromatic heterocycles. The SMILES string of the molecule is Cc1c2c(n(Cc3ccc(F)c(F)c3)c1C(=O)NC(C)C)CCCC2. The number of carbonyl (C=O) groups excluding carboxylic acids is 1. The maximum atomic E-state index is 13.6. The van der Waals surface area contributed by atoms with Crippen LogP contribution in [0.2, 0.25) is 0 Å². The summed E-state index contributed by atoms with van der Waals surface area (Å²) >= 11 is 0. The zero-order valence-electron chi connectivity index (χ0n) is 15.0. The molecule has 0 unspecified atom stereocenters. The first kappa shape index (κ1) is 17.6. The third-order valence-electron chi connectivity index (χ3n) is 4.80. The Morgan fingerprint density at radius 3 is 2.60 bits per heavy atom. The van der Waals surface area contributed by atoms with Crippen molar-refractivity contribution in [3.63, 3.8) is 0 Å². The molecule has 1 N–H and O–H groups in total. The third kappa shape index (κ3) is 3.46. The first-order valence-corrected chi connectivity index (χ1v) is 8.84. The van der Waals surface area contributed by atoms with Gasteiger partial charge in [-0.05, 0) is 75.3 Å². The van der Waals surface area contributed by atoms with Crippen LogP contribution in [0.5, 0.6) is 0 Å². The van der Waals surface area contributed by atoms with E-state index in [-0.39, 0.29) is 11.9 Å². The Hall–Kier alpha value is -2.17. The molecule has 0 saturated carbocycles. The number of rotatable bonds is 4. The second kappa shape index (κ2) is 6.98. The zero-order chi connectivity index (χ0) is 18.1. The number of hydrogen-bond acceptors (Lipinski definition) is 1. The normalized spacial score (nSPS) is 13.8. The van der Waals surface area contributed by atoms with Crippen LogP contribution >= 0.6 is 0 Å². The molecule has 0 aliphatic heterocycles. The summed E-state index contributed by atoms with van der Waals surface area (Å²) in [4.78, 5) is 12.8. The molecule has 5 heteroatoms. The first-order valence-electron chi connectivity index (χ1n) is 8.84. The lowest BCUT2D eigenvalue weighted by Gasteiger charge is -2.18. The Morgan fingerprint density at radius 2 is 1.92 bits per heavy atom. The van der Waals surface area contributed by atoms with Crippen LogP contribution in [-0.2, 0) is 19.4 Å². The average molecular weight is 346 g/mol. The van der Waals surface area contributed by atoms with Crippen LogP contribution in [0.1, 0.15) is 59.6 Å². The summed E-state index contributed by atoms with van der Waals surface area (Å²) in [5, 5.41) is 2.96. The lowest BCUT2D eigenvalue weighted by molar-refractivity contribution is 0.0933. The summed E-state index contributed by atoms with van der Waals surface area (Å²) in [5.41, 5.74) is 4.70. The van der Waals surface area contributed by atoms with Crippen LogP contribution in [0.15, 0.2) is 18.2 Å². The molecule has 1 amide bonds. The van der Waals surface area contributed by atoms with Crippen LogP contribution in [0, 0.1) is 18.6 Å². The number of nitrogens with one attached hydrogen (secondary N) is 1. The molecule has 0 fully saturated rings. The van der Waals surface area contributed by atoms with Gasteiger partial charge >= 0.3 is 0 Å². The van der Waals surface area contributed by atoms with Crippen LogP contribution < -0.4 is 5.32 Å². The van der Waals surface area contributed by atoms with E-state index in [1.165, 1.54) is 11.6 Å². The fraction of sp³-hybridized carbons (Fsp3) is 0.450. The number of carbonyl (C=O) groups is 1. The van der Waals surface area contributed by atoms with Crippen molar-refractivity contribution in [1.82, 2.24) is 9.88 Å². The molecule has 134 valence electrons. The van der Waals surface area contributed by atoms with Crippen molar-refractivity contribution in [1.29, 1.82) is 0 Å². The summed E-state index contributed by atoms with van der Waals surface area (Å²) in [6.07, 6.45) is 4.08. The van der Waals surface area contributed by atoms with Gasteiger partial charge in [0.25, 0.3) is 5.91 Å². The van der Waals surface area contributed by atoms with Crippen LogP contribution in [0.4, 0.5) is 8.78 Å². The average Bonchev–Trinajstić information content (AvgIpc) is 2.83. The van der Waals surface area contributed by atoms with E-state index in [0.717, 1.165) is 43.0 Å². The second-order valence-corrected chi connectivity index (χ2v) is 7.07. The fourth-order valence-electron chi connectivity index (χ4n) is 3.69. The zero-order valence-corrected chi connectivity index (χ0v) is 15.0. The van der Waals surface area contributed by atoms with Crippen molar-refractivity contribution in [2.75, 3.05) is 0 Å². The van der Waals surface area contributed by atoms with Gasteiger partial charge in [0.2, 0.25) is 0 Å². The third-order valence-corrected chi connectivity index (χ3v) is 4.80. The Bertz CT molecular complexity index is 809. The molecular formula is C20H24F2N2O. The van der Waals surface area contributed by atoms with E-state index in [2.05, 4.69) is 5.32 Å². The highest BCUT2D eigenvalue weighted by molar-refractivity contribution is 5.95. The number of hydrogen-bond donors (Lipinski definition) is 1.